The number of esters is 1. The molecule has 9 nitrogen and oxygen atoms in total. The van der Waals surface area contributed by atoms with E-state index in [4.69, 9.17) is 9.94 Å². The van der Waals surface area contributed by atoms with Crippen LogP contribution in [-0.2, 0) is 41.7 Å². The van der Waals surface area contributed by atoms with E-state index in [-0.39, 0.29) is 25.1 Å². The summed E-state index contributed by atoms with van der Waals surface area (Å²) >= 11 is 0. The van der Waals surface area contributed by atoms with Gasteiger partial charge < -0.3 is 14.6 Å². The van der Waals surface area contributed by atoms with Gasteiger partial charge >= 0.3 is 12.1 Å². The number of nitrogens with zero attached hydrogens (tertiary/aromatic N) is 2. The second kappa shape index (κ2) is 15.8. The number of carbonyl (C=O) groups excluding carboxylic acids is 3. The molecule has 1 atom stereocenters. The lowest BCUT2D eigenvalue weighted by Gasteiger charge is -2.19. The zero-order valence-corrected chi connectivity index (χ0v) is 25.2. The number of hydroxylamine groups is 1. The zero-order valence-electron chi connectivity index (χ0n) is 25.2. The standard InChI is InChI=1S/C34H35F3N4O5/c1-2-3-9-30-38-20-29(32(43)39-28(19-31(42)40-45)18-23-7-5-4-6-8-23)41(30)21-24-10-14-26(15-11-24)33(44)46-22-25-12-16-27(17-13-25)34(35,36)37/h4-8,10-17,20,28,45H,2-3,9,18-19,21-22H2,1H3,(H,39,43)(H,40,42). The minimum absolute atomic E-state index is 0.135. The number of carbonyl (C=O) groups is 3. The largest absolute Gasteiger partial charge is 0.457 e. The SMILES string of the molecule is CCCCc1ncc(C(=O)NC(CC(=O)NO)Cc2ccccc2)n1Cc1ccc(C(=O)OCc2ccc(C(F)(F)F)cc2)cc1. The van der Waals surface area contributed by atoms with E-state index < -0.39 is 35.6 Å². The highest BCUT2D eigenvalue weighted by Crippen LogP contribution is 2.29. The molecule has 0 spiro atoms. The lowest BCUT2D eigenvalue weighted by molar-refractivity contribution is -0.137. The van der Waals surface area contributed by atoms with E-state index in [1.807, 2.05) is 30.3 Å². The molecular weight excluding hydrogens is 601 g/mol. The van der Waals surface area contributed by atoms with Gasteiger partial charge in [-0.25, -0.2) is 15.3 Å². The molecule has 242 valence electrons. The molecule has 0 bridgehead atoms. The summed E-state index contributed by atoms with van der Waals surface area (Å²) in [5.74, 6) is -0.976. The maximum Gasteiger partial charge on any atom is 0.416 e. The Balaban J connectivity index is 1.46. The second-order valence-electron chi connectivity index (χ2n) is 10.8. The Morgan fingerprint density at radius 2 is 1.61 bits per heavy atom. The number of rotatable bonds is 14. The number of unbranched alkanes of at least 4 members (excludes halogenated alkanes) is 1. The quantitative estimate of drug-likeness (QED) is 0.0902. The minimum Gasteiger partial charge on any atom is -0.457 e. The van der Waals surface area contributed by atoms with Gasteiger partial charge in [-0.1, -0.05) is 67.9 Å². The maximum absolute atomic E-state index is 13.5. The molecule has 1 unspecified atom stereocenters. The van der Waals surface area contributed by atoms with Crippen molar-refractivity contribution in [2.75, 3.05) is 0 Å². The van der Waals surface area contributed by atoms with Gasteiger partial charge in [0.2, 0.25) is 5.91 Å². The van der Waals surface area contributed by atoms with Gasteiger partial charge in [0, 0.05) is 25.4 Å². The van der Waals surface area contributed by atoms with Crippen LogP contribution >= 0.6 is 0 Å². The molecule has 46 heavy (non-hydrogen) atoms. The Morgan fingerprint density at radius 3 is 2.24 bits per heavy atom. The highest BCUT2D eigenvalue weighted by Gasteiger charge is 2.30. The van der Waals surface area contributed by atoms with Crippen LogP contribution in [-0.4, -0.2) is 38.6 Å². The molecule has 1 heterocycles. The number of nitrogens with one attached hydrogen (secondary N) is 2. The summed E-state index contributed by atoms with van der Waals surface area (Å²) in [4.78, 5) is 42.6. The summed E-state index contributed by atoms with van der Waals surface area (Å²) in [7, 11) is 0. The summed E-state index contributed by atoms with van der Waals surface area (Å²) in [5, 5.41) is 12.0. The van der Waals surface area contributed by atoms with E-state index >= 15 is 0 Å². The average molecular weight is 637 g/mol. The number of alkyl halides is 3. The van der Waals surface area contributed by atoms with Gasteiger partial charge in [-0.15, -0.1) is 0 Å². The first-order chi connectivity index (χ1) is 22.1. The zero-order chi connectivity index (χ0) is 33.1. The molecule has 0 saturated carbocycles. The Morgan fingerprint density at radius 1 is 0.935 bits per heavy atom. The first kappa shape index (κ1) is 33.9. The molecule has 3 N–H and O–H groups in total. The van der Waals surface area contributed by atoms with E-state index in [1.165, 1.54) is 18.3 Å². The number of amides is 2. The van der Waals surface area contributed by atoms with Crippen molar-refractivity contribution in [2.24, 2.45) is 0 Å². The van der Waals surface area contributed by atoms with E-state index in [1.54, 1.807) is 34.3 Å². The van der Waals surface area contributed by atoms with Crippen molar-refractivity contribution in [3.05, 3.63) is 124 Å². The van der Waals surface area contributed by atoms with Gasteiger partial charge in [0.1, 0.15) is 18.1 Å². The van der Waals surface area contributed by atoms with Gasteiger partial charge in [0.05, 0.1) is 17.3 Å². The molecule has 0 aliphatic carbocycles. The van der Waals surface area contributed by atoms with Crippen LogP contribution in [0.5, 0.6) is 0 Å². The molecule has 2 amide bonds. The van der Waals surface area contributed by atoms with Crippen LogP contribution in [0, 0.1) is 0 Å². The van der Waals surface area contributed by atoms with Crippen LogP contribution in [0.2, 0.25) is 0 Å². The number of benzene rings is 3. The molecule has 0 aliphatic rings. The Labute approximate surface area is 264 Å². The van der Waals surface area contributed by atoms with Gasteiger partial charge in [0.25, 0.3) is 5.91 Å². The first-order valence-electron chi connectivity index (χ1n) is 14.8. The van der Waals surface area contributed by atoms with E-state index in [2.05, 4.69) is 17.2 Å². The third-order valence-electron chi connectivity index (χ3n) is 7.32. The molecule has 0 aliphatic heterocycles. The molecule has 0 saturated heterocycles. The predicted octanol–water partition coefficient (Wildman–Crippen LogP) is 5.89. The highest BCUT2D eigenvalue weighted by atomic mass is 19.4. The predicted molar refractivity (Wildman–Crippen MR) is 163 cm³/mol. The van der Waals surface area contributed by atoms with Crippen LogP contribution in [0.4, 0.5) is 13.2 Å². The first-order valence-corrected chi connectivity index (χ1v) is 14.8. The second-order valence-corrected chi connectivity index (χ2v) is 10.8. The van der Waals surface area contributed by atoms with E-state index in [0.717, 1.165) is 36.1 Å². The van der Waals surface area contributed by atoms with Gasteiger partial charge in [-0.05, 0) is 53.8 Å². The minimum atomic E-state index is -4.45. The van der Waals surface area contributed by atoms with Crippen molar-refractivity contribution in [3.63, 3.8) is 0 Å². The molecule has 1 aromatic heterocycles. The van der Waals surface area contributed by atoms with Crippen molar-refractivity contribution >= 4 is 17.8 Å². The van der Waals surface area contributed by atoms with E-state index in [0.29, 0.717) is 29.9 Å². The summed E-state index contributed by atoms with van der Waals surface area (Å²) in [6, 6.07) is 19.8. The van der Waals surface area contributed by atoms with Crippen molar-refractivity contribution in [2.45, 2.75) is 64.4 Å². The molecule has 0 radical (unpaired) electrons. The van der Waals surface area contributed by atoms with Crippen LogP contribution in [0.1, 0.15) is 75.1 Å². The van der Waals surface area contributed by atoms with Gasteiger partial charge in [0.15, 0.2) is 0 Å². The fourth-order valence-corrected chi connectivity index (χ4v) is 4.86. The molecule has 12 heteroatoms. The number of halogens is 3. The number of hydrogen-bond acceptors (Lipinski definition) is 6. The third-order valence-corrected chi connectivity index (χ3v) is 7.32. The number of imidazole rings is 1. The van der Waals surface area contributed by atoms with Crippen LogP contribution in [0.25, 0.3) is 0 Å². The number of ether oxygens (including phenoxy) is 1. The molecule has 4 aromatic rings. The number of aryl methyl sites for hydroxylation is 1. The Bertz CT molecular complexity index is 1600. The third kappa shape index (κ3) is 9.51. The molecule has 3 aromatic carbocycles. The summed E-state index contributed by atoms with van der Waals surface area (Å²) in [6.45, 7) is 2.15. The molecule has 4 rings (SSSR count). The van der Waals surface area contributed by atoms with Crippen molar-refractivity contribution in [3.8, 4) is 0 Å². The average Bonchev–Trinajstić information content (AvgIpc) is 3.45. The Hall–Kier alpha value is -4.97. The van der Waals surface area contributed by atoms with Crippen molar-refractivity contribution in [1.82, 2.24) is 20.3 Å². The van der Waals surface area contributed by atoms with Gasteiger partial charge in [-0.2, -0.15) is 13.2 Å². The highest BCUT2D eigenvalue weighted by molar-refractivity contribution is 5.93. The lowest BCUT2D eigenvalue weighted by Crippen LogP contribution is -2.41. The fraction of sp³-hybridized carbons (Fsp3) is 0.294. The molecule has 0 fully saturated rings. The summed E-state index contributed by atoms with van der Waals surface area (Å²) < 4.78 is 45.5. The topological polar surface area (TPSA) is 123 Å². The summed E-state index contributed by atoms with van der Waals surface area (Å²) in [6.07, 6.45) is -0.296. The van der Waals surface area contributed by atoms with Crippen molar-refractivity contribution in [1.29, 1.82) is 0 Å². The van der Waals surface area contributed by atoms with Crippen LogP contribution in [0.3, 0.4) is 0 Å². The fourth-order valence-electron chi connectivity index (χ4n) is 4.86. The maximum atomic E-state index is 13.5. The summed E-state index contributed by atoms with van der Waals surface area (Å²) in [5.41, 5.74) is 3.52. The van der Waals surface area contributed by atoms with E-state index in [9.17, 15) is 27.6 Å². The lowest BCUT2D eigenvalue weighted by atomic mass is 10.0. The number of hydrogen-bond donors (Lipinski definition) is 3. The van der Waals surface area contributed by atoms with Crippen LogP contribution in [0.15, 0.2) is 85.1 Å². The van der Waals surface area contributed by atoms with Crippen molar-refractivity contribution < 1.29 is 37.5 Å². The number of aromatic nitrogens is 2. The molecular formula is C34H35F3N4O5. The smallest absolute Gasteiger partial charge is 0.416 e. The van der Waals surface area contributed by atoms with Gasteiger partial charge in [-0.3, -0.25) is 14.8 Å². The van der Waals surface area contributed by atoms with Crippen LogP contribution < -0.4 is 10.8 Å². The normalized spacial score (nSPS) is 11.9. The monoisotopic (exact) mass is 636 g/mol. The Kier molecular flexibility index (Phi) is 11.7.